The van der Waals surface area contributed by atoms with E-state index in [0.29, 0.717) is 30.6 Å². The van der Waals surface area contributed by atoms with E-state index in [-0.39, 0.29) is 12.5 Å². The number of carbonyl (C=O) groups excluding carboxylic acids is 1. The van der Waals surface area contributed by atoms with E-state index in [1.807, 2.05) is 48.5 Å². The van der Waals surface area contributed by atoms with Gasteiger partial charge in [-0.1, -0.05) is 51.5 Å². The van der Waals surface area contributed by atoms with Gasteiger partial charge in [-0.15, -0.1) is 0 Å². The van der Waals surface area contributed by atoms with E-state index in [2.05, 4.69) is 31.4 Å². The topological polar surface area (TPSA) is 59.6 Å². The summed E-state index contributed by atoms with van der Waals surface area (Å²) in [5, 5.41) is 6.06. The average molecular weight is 370 g/mol. The minimum atomic E-state index is -0.140. The number of hydrogen-bond acceptors (Lipinski definition) is 4. The van der Waals surface area contributed by atoms with Crippen molar-refractivity contribution in [1.29, 1.82) is 0 Å². The largest absolute Gasteiger partial charge is 0.491 e. The fourth-order valence-corrected chi connectivity index (χ4v) is 2.39. The number of benzene rings is 2. The van der Waals surface area contributed by atoms with Crippen LogP contribution in [0.25, 0.3) is 0 Å². The SMILES string of the molecule is CCCCOc1ccccc1NCC(=O)Nc1ccccc1OCC(C)C. The Hall–Kier alpha value is -2.69. The lowest BCUT2D eigenvalue weighted by Crippen LogP contribution is -2.22. The van der Waals surface area contributed by atoms with Gasteiger partial charge in [0.2, 0.25) is 5.91 Å². The lowest BCUT2D eigenvalue weighted by atomic mass is 10.2. The second-order valence-corrected chi connectivity index (χ2v) is 6.80. The molecular weight excluding hydrogens is 340 g/mol. The minimum absolute atomic E-state index is 0.140. The molecular formula is C22H30N2O3. The summed E-state index contributed by atoms with van der Waals surface area (Å²) in [5.41, 5.74) is 1.49. The highest BCUT2D eigenvalue weighted by molar-refractivity contribution is 5.95. The Bertz CT molecular complexity index is 716. The third kappa shape index (κ3) is 7.21. The van der Waals surface area contributed by atoms with Gasteiger partial charge >= 0.3 is 0 Å². The molecule has 0 bridgehead atoms. The fraction of sp³-hybridized carbons (Fsp3) is 0.409. The van der Waals surface area contributed by atoms with Crippen molar-refractivity contribution < 1.29 is 14.3 Å². The summed E-state index contributed by atoms with van der Waals surface area (Å²) in [5.74, 6) is 1.72. The van der Waals surface area contributed by atoms with Crippen molar-refractivity contribution in [1.82, 2.24) is 0 Å². The summed E-state index contributed by atoms with van der Waals surface area (Å²) in [6.07, 6.45) is 2.08. The third-order valence-corrected chi connectivity index (χ3v) is 3.82. The predicted molar refractivity (Wildman–Crippen MR) is 111 cm³/mol. The molecule has 0 radical (unpaired) electrons. The van der Waals surface area contributed by atoms with Crippen LogP contribution in [0.1, 0.15) is 33.6 Å². The predicted octanol–water partition coefficient (Wildman–Crippen LogP) is 4.95. The molecule has 146 valence electrons. The standard InChI is InChI=1S/C22H30N2O3/c1-4-5-14-26-20-12-8-6-10-18(20)23-15-22(25)24-19-11-7-9-13-21(19)27-16-17(2)3/h6-13,17,23H,4-5,14-16H2,1-3H3,(H,24,25). The van der Waals surface area contributed by atoms with Gasteiger partial charge in [-0.05, 0) is 36.6 Å². The molecule has 0 aliphatic heterocycles. The number of anilines is 2. The molecule has 2 aromatic rings. The molecule has 0 aromatic heterocycles. The first-order valence-electron chi connectivity index (χ1n) is 9.57. The van der Waals surface area contributed by atoms with E-state index in [9.17, 15) is 4.79 Å². The lowest BCUT2D eigenvalue weighted by molar-refractivity contribution is -0.114. The number of ether oxygens (including phenoxy) is 2. The van der Waals surface area contributed by atoms with Crippen molar-refractivity contribution in [3.05, 3.63) is 48.5 Å². The minimum Gasteiger partial charge on any atom is -0.491 e. The number of rotatable bonds is 11. The van der Waals surface area contributed by atoms with Gasteiger partial charge in [0.25, 0.3) is 0 Å². The Balaban J connectivity index is 1.92. The van der Waals surface area contributed by atoms with Crippen LogP contribution in [0.15, 0.2) is 48.5 Å². The zero-order valence-corrected chi connectivity index (χ0v) is 16.5. The Kier molecular flexibility index (Phi) is 8.49. The van der Waals surface area contributed by atoms with Crippen LogP contribution in [0.4, 0.5) is 11.4 Å². The van der Waals surface area contributed by atoms with Crippen LogP contribution < -0.4 is 20.1 Å². The number of hydrogen-bond donors (Lipinski definition) is 2. The van der Waals surface area contributed by atoms with Gasteiger partial charge in [-0.25, -0.2) is 0 Å². The molecule has 1 amide bonds. The van der Waals surface area contributed by atoms with E-state index in [0.717, 1.165) is 24.3 Å². The monoisotopic (exact) mass is 370 g/mol. The summed E-state index contributed by atoms with van der Waals surface area (Å²) in [4.78, 5) is 12.4. The maximum atomic E-state index is 12.4. The molecule has 0 unspecified atom stereocenters. The number of para-hydroxylation sites is 4. The second-order valence-electron chi connectivity index (χ2n) is 6.80. The first kappa shape index (κ1) is 20.6. The van der Waals surface area contributed by atoms with Crippen LogP contribution in [-0.4, -0.2) is 25.7 Å². The van der Waals surface area contributed by atoms with Crippen molar-refractivity contribution in [3.63, 3.8) is 0 Å². The van der Waals surface area contributed by atoms with Gasteiger partial charge in [0, 0.05) is 0 Å². The van der Waals surface area contributed by atoms with Crippen molar-refractivity contribution in [2.75, 3.05) is 30.4 Å². The summed E-state index contributed by atoms with van der Waals surface area (Å²) in [7, 11) is 0. The number of amides is 1. The molecule has 0 atom stereocenters. The van der Waals surface area contributed by atoms with Crippen LogP contribution >= 0.6 is 0 Å². The van der Waals surface area contributed by atoms with Gasteiger partial charge in [0.05, 0.1) is 31.1 Å². The Labute approximate surface area is 162 Å². The maximum absolute atomic E-state index is 12.4. The number of carbonyl (C=O) groups is 1. The molecule has 0 fully saturated rings. The van der Waals surface area contributed by atoms with E-state index >= 15 is 0 Å². The first-order chi connectivity index (χ1) is 13.1. The molecule has 2 rings (SSSR count). The summed E-state index contributed by atoms with van der Waals surface area (Å²) < 4.78 is 11.6. The summed E-state index contributed by atoms with van der Waals surface area (Å²) in [6.45, 7) is 7.72. The molecule has 0 heterocycles. The number of nitrogens with one attached hydrogen (secondary N) is 2. The van der Waals surface area contributed by atoms with Crippen molar-refractivity contribution in [2.24, 2.45) is 5.92 Å². The van der Waals surface area contributed by atoms with Gasteiger partial charge in [0.1, 0.15) is 11.5 Å². The highest BCUT2D eigenvalue weighted by Crippen LogP contribution is 2.25. The van der Waals surface area contributed by atoms with E-state index < -0.39 is 0 Å². The van der Waals surface area contributed by atoms with Crippen LogP contribution in [-0.2, 0) is 4.79 Å². The fourth-order valence-electron chi connectivity index (χ4n) is 2.39. The molecule has 0 aliphatic rings. The van der Waals surface area contributed by atoms with E-state index in [1.54, 1.807) is 0 Å². The van der Waals surface area contributed by atoms with Crippen molar-refractivity contribution in [3.8, 4) is 11.5 Å². The molecule has 5 nitrogen and oxygen atoms in total. The number of unbranched alkanes of at least 4 members (excludes halogenated alkanes) is 1. The van der Waals surface area contributed by atoms with Crippen molar-refractivity contribution >= 4 is 17.3 Å². The Morgan fingerprint density at radius 3 is 2.26 bits per heavy atom. The molecule has 0 spiro atoms. The van der Waals surface area contributed by atoms with E-state index in [4.69, 9.17) is 9.47 Å². The highest BCUT2D eigenvalue weighted by Gasteiger charge is 2.09. The average Bonchev–Trinajstić information content (AvgIpc) is 2.66. The zero-order valence-electron chi connectivity index (χ0n) is 16.5. The molecule has 0 saturated heterocycles. The Morgan fingerprint density at radius 1 is 0.963 bits per heavy atom. The van der Waals surface area contributed by atoms with Gasteiger partial charge < -0.3 is 20.1 Å². The zero-order chi connectivity index (χ0) is 19.5. The normalized spacial score (nSPS) is 10.5. The van der Waals surface area contributed by atoms with Crippen LogP contribution in [0.3, 0.4) is 0 Å². The molecule has 27 heavy (non-hydrogen) atoms. The van der Waals surface area contributed by atoms with Crippen LogP contribution in [0.2, 0.25) is 0 Å². The first-order valence-corrected chi connectivity index (χ1v) is 9.57. The Morgan fingerprint density at radius 2 is 1.59 bits per heavy atom. The highest BCUT2D eigenvalue weighted by atomic mass is 16.5. The molecule has 2 N–H and O–H groups in total. The quantitative estimate of drug-likeness (QED) is 0.549. The van der Waals surface area contributed by atoms with Crippen LogP contribution in [0.5, 0.6) is 11.5 Å². The smallest absolute Gasteiger partial charge is 0.243 e. The molecule has 0 aliphatic carbocycles. The molecule has 2 aromatic carbocycles. The van der Waals surface area contributed by atoms with Gasteiger partial charge in [0.15, 0.2) is 0 Å². The lowest BCUT2D eigenvalue weighted by Gasteiger charge is -2.15. The summed E-state index contributed by atoms with van der Waals surface area (Å²) in [6, 6.07) is 15.1. The van der Waals surface area contributed by atoms with Gasteiger partial charge in [-0.2, -0.15) is 0 Å². The van der Waals surface area contributed by atoms with Gasteiger partial charge in [-0.3, -0.25) is 4.79 Å². The van der Waals surface area contributed by atoms with Crippen molar-refractivity contribution in [2.45, 2.75) is 33.6 Å². The third-order valence-electron chi connectivity index (χ3n) is 3.82. The van der Waals surface area contributed by atoms with Crippen LogP contribution in [0, 0.1) is 5.92 Å². The summed E-state index contributed by atoms with van der Waals surface area (Å²) >= 11 is 0. The van der Waals surface area contributed by atoms with E-state index in [1.165, 1.54) is 0 Å². The molecule has 5 heteroatoms. The maximum Gasteiger partial charge on any atom is 0.243 e. The second kappa shape index (κ2) is 11.1. The molecule has 0 saturated carbocycles.